The van der Waals surface area contributed by atoms with E-state index in [-0.39, 0.29) is 11.5 Å². The topological polar surface area (TPSA) is 90.7 Å². The SMILES string of the molecule is CN(C)S(=O)(=O)c1ccc(SCC(O)CO)nc1. The normalized spacial score (nSPS) is 13.8. The van der Waals surface area contributed by atoms with Gasteiger partial charge in [-0.3, -0.25) is 0 Å². The number of aromatic nitrogens is 1. The first-order valence-electron chi connectivity index (χ1n) is 5.18. The molecule has 1 aromatic heterocycles. The quantitative estimate of drug-likeness (QED) is 0.704. The zero-order valence-corrected chi connectivity index (χ0v) is 11.8. The summed E-state index contributed by atoms with van der Waals surface area (Å²) in [4.78, 5) is 4.12. The summed E-state index contributed by atoms with van der Waals surface area (Å²) in [7, 11) is -0.549. The van der Waals surface area contributed by atoms with Crippen LogP contribution in [-0.4, -0.2) is 60.5 Å². The molecule has 0 aromatic carbocycles. The molecule has 1 heterocycles. The number of aliphatic hydroxyl groups excluding tert-OH is 2. The Morgan fingerprint density at radius 2 is 2.11 bits per heavy atom. The van der Waals surface area contributed by atoms with Gasteiger partial charge in [-0.05, 0) is 12.1 Å². The highest BCUT2D eigenvalue weighted by Crippen LogP contribution is 2.19. The van der Waals surface area contributed by atoms with E-state index < -0.39 is 16.1 Å². The van der Waals surface area contributed by atoms with Crippen molar-refractivity contribution in [1.82, 2.24) is 9.29 Å². The maximum Gasteiger partial charge on any atom is 0.244 e. The Bertz CT molecular complexity index is 473. The first-order valence-corrected chi connectivity index (χ1v) is 7.61. The van der Waals surface area contributed by atoms with Gasteiger partial charge in [0.1, 0.15) is 4.90 Å². The number of hydrogen-bond acceptors (Lipinski definition) is 6. The molecule has 2 N–H and O–H groups in total. The van der Waals surface area contributed by atoms with Crippen LogP contribution >= 0.6 is 11.8 Å². The van der Waals surface area contributed by atoms with Gasteiger partial charge in [-0.15, -0.1) is 11.8 Å². The smallest absolute Gasteiger partial charge is 0.244 e. The molecular weight excluding hydrogens is 276 g/mol. The number of rotatable bonds is 6. The minimum absolute atomic E-state index is 0.125. The molecule has 0 aliphatic heterocycles. The minimum Gasteiger partial charge on any atom is -0.394 e. The summed E-state index contributed by atoms with van der Waals surface area (Å²) in [5.74, 6) is 0.309. The molecule has 0 aliphatic rings. The lowest BCUT2D eigenvalue weighted by atomic mass is 10.4. The molecule has 6 nitrogen and oxygen atoms in total. The highest BCUT2D eigenvalue weighted by molar-refractivity contribution is 7.99. The highest BCUT2D eigenvalue weighted by Gasteiger charge is 2.17. The lowest BCUT2D eigenvalue weighted by molar-refractivity contribution is 0.113. The molecule has 0 aliphatic carbocycles. The third-order valence-corrected chi connectivity index (χ3v) is 5.01. The summed E-state index contributed by atoms with van der Waals surface area (Å²) in [6, 6.07) is 3.04. The average Bonchev–Trinajstić information content (AvgIpc) is 2.36. The molecule has 0 amide bonds. The molecule has 1 aromatic rings. The van der Waals surface area contributed by atoms with Crippen molar-refractivity contribution in [3.8, 4) is 0 Å². The van der Waals surface area contributed by atoms with Crippen LogP contribution in [0.4, 0.5) is 0 Å². The Labute approximate surface area is 111 Å². The van der Waals surface area contributed by atoms with Crippen LogP contribution in [-0.2, 0) is 10.0 Å². The Balaban J connectivity index is 2.75. The van der Waals surface area contributed by atoms with E-state index in [0.29, 0.717) is 10.8 Å². The molecule has 0 bridgehead atoms. The van der Waals surface area contributed by atoms with Gasteiger partial charge in [-0.2, -0.15) is 0 Å². The zero-order chi connectivity index (χ0) is 13.8. The molecule has 0 fully saturated rings. The second-order valence-corrected chi connectivity index (χ2v) is 6.96. The van der Waals surface area contributed by atoms with Crippen LogP contribution in [0.3, 0.4) is 0 Å². The average molecular weight is 292 g/mol. The van der Waals surface area contributed by atoms with Gasteiger partial charge in [-0.1, -0.05) is 0 Å². The molecule has 8 heteroatoms. The van der Waals surface area contributed by atoms with Crippen LogP contribution in [0.25, 0.3) is 0 Å². The van der Waals surface area contributed by atoms with E-state index in [2.05, 4.69) is 4.98 Å². The summed E-state index contributed by atoms with van der Waals surface area (Å²) in [5.41, 5.74) is 0. The van der Waals surface area contributed by atoms with E-state index in [9.17, 15) is 13.5 Å². The van der Waals surface area contributed by atoms with Gasteiger partial charge in [-0.25, -0.2) is 17.7 Å². The number of sulfonamides is 1. The number of aliphatic hydroxyl groups is 2. The second kappa shape index (κ2) is 6.48. The number of nitrogens with zero attached hydrogens (tertiary/aromatic N) is 2. The first-order chi connectivity index (χ1) is 8.37. The predicted molar refractivity (Wildman–Crippen MR) is 68.9 cm³/mol. The maximum atomic E-state index is 11.8. The van der Waals surface area contributed by atoms with Crippen molar-refractivity contribution >= 4 is 21.8 Å². The fraction of sp³-hybridized carbons (Fsp3) is 0.500. The lowest BCUT2D eigenvalue weighted by Crippen LogP contribution is -2.22. The minimum atomic E-state index is -3.46. The van der Waals surface area contributed by atoms with Gasteiger partial charge in [0, 0.05) is 26.0 Å². The molecule has 1 atom stereocenters. The van der Waals surface area contributed by atoms with Crippen LogP contribution in [0.15, 0.2) is 28.3 Å². The Morgan fingerprint density at radius 3 is 2.56 bits per heavy atom. The van der Waals surface area contributed by atoms with E-state index in [4.69, 9.17) is 5.11 Å². The molecule has 18 heavy (non-hydrogen) atoms. The predicted octanol–water partition coefficient (Wildman–Crippen LogP) is -0.223. The molecule has 0 saturated carbocycles. The van der Waals surface area contributed by atoms with Crippen molar-refractivity contribution in [2.75, 3.05) is 26.5 Å². The van der Waals surface area contributed by atoms with Gasteiger partial charge in [0.2, 0.25) is 10.0 Å². The van der Waals surface area contributed by atoms with E-state index in [0.717, 1.165) is 4.31 Å². The molecule has 0 spiro atoms. The summed E-state index contributed by atoms with van der Waals surface area (Å²) in [5, 5.41) is 18.4. The first kappa shape index (κ1) is 15.4. The third kappa shape index (κ3) is 3.92. The molecular formula is C10H16N2O4S2. The van der Waals surface area contributed by atoms with Crippen molar-refractivity contribution in [2.45, 2.75) is 16.0 Å². The van der Waals surface area contributed by atoms with E-state index in [1.165, 1.54) is 38.1 Å². The van der Waals surface area contributed by atoms with E-state index >= 15 is 0 Å². The van der Waals surface area contributed by atoms with Crippen molar-refractivity contribution in [1.29, 1.82) is 0 Å². The monoisotopic (exact) mass is 292 g/mol. The standard InChI is InChI=1S/C10H16N2O4S2/c1-12(2)18(15,16)9-3-4-10(11-5-9)17-7-8(14)6-13/h3-5,8,13-14H,6-7H2,1-2H3. The van der Waals surface area contributed by atoms with Gasteiger partial charge in [0.25, 0.3) is 0 Å². The molecule has 0 saturated heterocycles. The van der Waals surface area contributed by atoms with Crippen molar-refractivity contribution in [3.05, 3.63) is 18.3 Å². The molecule has 1 rings (SSSR count). The summed E-state index contributed by atoms with van der Waals surface area (Å²) in [6.45, 7) is -0.305. The van der Waals surface area contributed by atoms with E-state index in [1.54, 1.807) is 6.07 Å². The van der Waals surface area contributed by atoms with Crippen molar-refractivity contribution in [2.24, 2.45) is 0 Å². The Kier molecular flexibility index (Phi) is 5.54. The Hall–Kier alpha value is -0.670. The highest BCUT2D eigenvalue weighted by atomic mass is 32.2. The summed E-state index contributed by atoms with van der Waals surface area (Å²) >= 11 is 1.25. The Morgan fingerprint density at radius 1 is 1.44 bits per heavy atom. The fourth-order valence-corrected chi connectivity index (χ4v) is 2.66. The second-order valence-electron chi connectivity index (χ2n) is 3.77. The van der Waals surface area contributed by atoms with Crippen LogP contribution in [0.1, 0.15) is 0 Å². The van der Waals surface area contributed by atoms with Gasteiger partial charge in [0.05, 0.1) is 17.7 Å². The van der Waals surface area contributed by atoms with Gasteiger partial charge < -0.3 is 10.2 Å². The summed E-state index contributed by atoms with van der Waals surface area (Å²) < 4.78 is 24.6. The summed E-state index contributed by atoms with van der Waals surface area (Å²) in [6.07, 6.45) is 0.477. The molecule has 102 valence electrons. The zero-order valence-electron chi connectivity index (χ0n) is 10.1. The number of pyridine rings is 1. The third-order valence-electron chi connectivity index (χ3n) is 2.12. The van der Waals surface area contributed by atoms with Crippen LogP contribution in [0.2, 0.25) is 0 Å². The largest absolute Gasteiger partial charge is 0.394 e. The number of hydrogen-bond donors (Lipinski definition) is 2. The van der Waals surface area contributed by atoms with Crippen LogP contribution in [0.5, 0.6) is 0 Å². The lowest BCUT2D eigenvalue weighted by Gasteiger charge is -2.11. The van der Waals surface area contributed by atoms with Gasteiger partial charge >= 0.3 is 0 Å². The van der Waals surface area contributed by atoms with Gasteiger partial charge in [0.15, 0.2) is 0 Å². The van der Waals surface area contributed by atoms with Crippen LogP contribution in [0, 0.1) is 0 Å². The van der Waals surface area contributed by atoms with E-state index in [1.807, 2.05) is 0 Å². The van der Waals surface area contributed by atoms with Crippen molar-refractivity contribution < 1.29 is 18.6 Å². The number of thioether (sulfide) groups is 1. The molecule has 0 radical (unpaired) electrons. The van der Waals surface area contributed by atoms with Crippen LogP contribution < -0.4 is 0 Å². The molecule has 1 unspecified atom stereocenters. The fourth-order valence-electron chi connectivity index (χ4n) is 1.05. The maximum absolute atomic E-state index is 11.8. The van der Waals surface area contributed by atoms with Crippen molar-refractivity contribution in [3.63, 3.8) is 0 Å².